The number of nitro groups is 1. The van der Waals surface area contributed by atoms with Crippen molar-refractivity contribution < 1.29 is 14.8 Å². The molecule has 94 valence electrons. The van der Waals surface area contributed by atoms with Crippen molar-refractivity contribution in [3.63, 3.8) is 0 Å². The second kappa shape index (κ2) is 5.63. The maximum Gasteiger partial charge on any atom is 0.270 e. The molecule has 1 aromatic carbocycles. The fourth-order valence-corrected chi connectivity index (χ4v) is 1.36. The average Bonchev–Trinajstić information content (AvgIpc) is 2.25. The van der Waals surface area contributed by atoms with Gasteiger partial charge in [0.1, 0.15) is 5.75 Å². The summed E-state index contributed by atoms with van der Waals surface area (Å²) < 4.78 is 5.51. The van der Waals surface area contributed by atoms with Gasteiger partial charge in [-0.25, -0.2) is 0 Å². The highest BCUT2D eigenvalue weighted by atomic mass is 16.6. The van der Waals surface area contributed by atoms with Crippen molar-refractivity contribution in [2.45, 2.75) is 26.9 Å². The van der Waals surface area contributed by atoms with Crippen LogP contribution < -0.4 is 4.74 Å². The van der Waals surface area contributed by atoms with Crippen LogP contribution in [-0.4, -0.2) is 16.6 Å². The first-order valence-electron chi connectivity index (χ1n) is 5.51. The van der Waals surface area contributed by atoms with Crippen LogP contribution in [0.5, 0.6) is 5.75 Å². The maximum atomic E-state index is 10.6. The Kier molecular flexibility index (Phi) is 4.45. The predicted octanol–water partition coefficient (Wildman–Crippen LogP) is 2.68. The summed E-state index contributed by atoms with van der Waals surface area (Å²) in [6.07, 6.45) is -0.794. The van der Waals surface area contributed by atoms with E-state index in [2.05, 4.69) is 0 Å². The van der Waals surface area contributed by atoms with Gasteiger partial charge in [-0.1, -0.05) is 13.8 Å². The van der Waals surface area contributed by atoms with Crippen molar-refractivity contribution >= 4 is 5.69 Å². The van der Waals surface area contributed by atoms with E-state index in [1.807, 2.05) is 13.8 Å². The Bertz CT molecular complexity index is 401. The van der Waals surface area contributed by atoms with E-state index in [1.54, 1.807) is 6.92 Å². The lowest BCUT2D eigenvalue weighted by Crippen LogP contribution is -2.07. The average molecular weight is 239 g/mol. The molecule has 1 rings (SSSR count). The van der Waals surface area contributed by atoms with Gasteiger partial charge in [-0.15, -0.1) is 0 Å². The number of ether oxygens (including phenoxy) is 1. The molecule has 0 aliphatic carbocycles. The van der Waals surface area contributed by atoms with Gasteiger partial charge in [-0.3, -0.25) is 10.1 Å². The van der Waals surface area contributed by atoms with Crippen molar-refractivity contribution in [3.8, 4) is 5.75 Å². The van der Waals surface area contributed by atoms with Crippen molar-refractivity contribution in [2.75, 3.05) is 6.61 Å². The van der Waals surface area contributed by atoms with E-state index in [9.17, 15) is 15.2 Å². The zero-order valence-electron chi connectivity index (χ0n) is 10.2. The van der Waals surface area contributed by atoms with Gasteiger partial charge in [0, 0.05) is 17.7 Å². The van der Waals surface area contributed by atoms with Crippen molar-refractivity contribution in [1.82, 2.24) is 0 Å². The summed E-state index contributed by atoms with van der Waals surface area (Å²) >= 11 is 0. The lowest BCUT2D eigenvalue weighted by molar-refractivity contribution is -0.385. The first kappa shape index (κ1) is 13.4. The lowest BCUT2D eigenvalue weighted by atomic mass is 10.1. The van der Waals surface area contributed by atoms with E-state index < -0.39 is 11.0 Å². The number of hydrogen-bond acceptors (Lipinski definition) is 4. The molecular formula is C12H17NO4. The van der Waals surface area contributed by atoms with Crippen LogP contribution in [0.3, 0.4) is 0 Å². The topological polar surface area (TPSA) is 72.6 Å². The Morgan fingerprint density at radius 1 is 1.41 bits per heavy atom. The Labute approximate surface area is 100 Å². The molecule has 5 heteroatoms. The van der Waals surface area contributed by atoms with Crippen LogP contribution in [0, 0.1) is 16.0 Å². The molecule has 0 saturated heterocycles. The third-order valence-corrected chi connectivity index (χ3v) is 2.23. The van der Waals surface area contributed by atoms with E-state index in [4.69, 9.17) is 4.74 Å². The van der Waals surface area contributed by atoms with Crippen LogP contribution in [0.15, 0.2) is 18.2 Å². The van der Waals surface area contributed by atoms with Crippen LogP contribution in [0.1, 0.15) is 32.4 Å². The summed E-state index contributed by atoms with van der Waals surface area (Å²) in [5.74, 6) is 0.853. The normalized spacial score (nSPS) is 12.5. The Morgan fingerprint density at radius 2 is 2.06 bits per heavy atom. The molecule has 1 atom stereocenters. The number of nitro benzene ring substituents is 1. The molecule has 0 bridgehead atoms. The molecule has 1 N–H and O–H groups in total. The highest BCUT2D eigenvalue weighted by Crippen LogP contribution is 2.29. The third-order valence-electron chi connectivity index (χ3n) is 2.23. The summed E-state index contributed by atoms with van der Waals surface area (Å²) in [7, 11) is 0. The molecule has 0 heterocycles. The fraction of sp³-hybridized carbons (Fsp3) is 0.500. The molecule has 17 heavy (non-hydrogen) atoms. The van der Waals surface area contributed by atoms with Gasteiger partial charge in [-0.2, -0.15) is 0 Å². The molecular weight excluding hydrogens is 222 g/mol. The minimum atomic E-state index is -0.794. The number of nitrogens with zero attached hydrogens (tertiary/aromatic N) is 1. The number of hydrogen-bond donors (Lipinski definition) is 1. The molecule has 0 spiro atoms. The van der Waals surface area contributed by atoms with Gasteiger partial charge < -0.3 is 9.84 Å². The minimum Gasteiger partial charge on any atom is -0.493 e. The molecule has 0 aliphatic rings. The lowest BCUT2D eigenvalue weighted by Gasteiger charge is -2.14. The summed E-state index contributed by atoms with van der Waals surface area (Å²) in [5.41, 5.74) is 0.401. The molecule has 1 aromatic rings. The predicted molar refractivity (Wildman–Crippen MR) is 64.1 cm³/mol. The monoisotopic (exact) mass is 239 g/mol. The van der Waals surface area contributed by atoms with Crippen LogP contribution in [0.4, 0.5) is 5.69 Å². The van der Waals surface area contributed by atoms with Crippen LogP contribution in [0.25, 0.3) is 0 Å². The summed E-state index contributed by atoms with van der Waals surface area (Å²) in [5, 5.41) is 20.2. The Balaban J connectivity index is 3.00. The van der Waals surface area contributed by atoms with Gasteiger partial charge in [0.2, 0.25) is 0 Å². The molecule has 0 aliphatic heterocycles. The number of aliphatic hydroxyl groups is 1. The summed E-state index contributed by atoms with van der Waals surface area (Å²) in [4.78, 5) is 10.1. The third kappa shape index (κ3) is 3.71. The van der Waals surface area contributed by atoms with Crippen LogP contribution >= 0.6 is 0 Å². The van der Waals surface area contributed by atoms with Gasteiger partial charge >= 0.3 is 0 Å². The van der Waals surface area contributed by atoms with Crippen LogP contribution in [0.2, 0.25) is 0 Å². The molecule has 0 aromatic heterocycles. The van der Waals surface area contributed by atoms with Crippen LogP contribution in [-0.2, 0) is 0 Å². The SMILES string of the molecule is CC(C)COc1ccc([N+](=O)[O-])cc1[C@@H](C)O. The maximum absolute atomic E-state index is 10.6. The number of non-ortho nitro benzene ring substituents is 1. The number of benzene rings is 1. The van der Waals surface area contributed by atoms with Crippen molar-refractivity contribution in [2.24, 2.45) is 5.92 Å². The molecule has 0 fully saturated rings. The largest absolute Gasteiger partial charge is 0.493 e. The summed E-state index contributed by atoms with van der Waals surface area (Å²) in [6.45, 7) is 6.08. The van der Waals surface area contributed by atoms with E-state index >= 15 is 0 Å². The second-order valence-corrected chi connectivity index (χ2v) is 4.36. The standard InChI is InChI=1S/C12H17NO4/c1-8(2)7-17-12-5-4-10(13(15)16)6-11(12)9(3)14/h4-6,8-9,14H,7H2,1-3H3/t9-/m1/s1. The molecule has 5 nitrogen and oxygen atoms in total. The van der Waals surface area contributed by atoms with Crippen molar-refractivity contribution in [3.05, 3.63) is 33.9 Å². The second-order valence-electron chi connectivity index (χ2n) is 4.36. The number of aliphatic hydroxyl groups excluding tert-OH is 1. The molecule has 0 amide bonds. The highest BCUT2D eigenvalue weighted by Gasteiger charge is 2.15. The minimum absolute atomic E-state index is 0.0437. The smallest absolute Gasteiger partial charge is 0.270 e. The zero-order valence-corrected chi connectivity index (χ0v) is 10.2. The van der Waals surface area contributed by atoms with E-state index in [-0.39, 0.29) is 5.69 Å². The van der Waals surface area contributed by atoms with E-state index in [1.165, 1.54) is 18.2 Å². The van der Waals surface area contributed by atoms with E-state index in [0.29, 0.717) is 23.8 Å². The van der Waals surface area contributed by atoms with Gasteiger partial charge in [0.25, 0.3) is 5.69 Å². The fourth-order valence-electron chi connectivity index (χ4n) is 1.36. The van der Waals surface area contributed by atoms with Gasteiger partial charge in [-0.05, 0) is 18.9 Å². The van der Waals surface area contributed by atoms with Crippen molar-refractivity contribution in [1.29, 1.82) is 0 Å². The van der Waals surface area contributed by atoms with Gasteiger partial charge in [0.05, 0.1) is 17.6 Å². The first-order chi connectivity index (χ1) is 7.91. The Morgan fingerprint density at radius 3 is 2.53 bits per heavy atom. The Hall–Kier alpha value is -1.62. The van der Waals surface area contributed by atoms with Gasteiger partial charge in [0.15, 0.2) is 0 Å². The zero-order chi connectivity index (χ0) is 13.0. The molecule has 0 unspecified atom stereocenters. The number of rotatable bonds is 5. The molecule has 0 saturated carbocycles. The summed E-state index contributed by atoms with van der Waals surface area (Å²) in [6, 6.07) is 4.25. The first-order valence-corrected chi connectivity index (χ1v) is 5.51. The van der Waals surface area contributed by atoms with E-state index in [0.717, 1.165) is 0 Å². The molecule has 0 radical (unpaired) electrons. The quantitative estimate of drug-likeness (QED) is 0.633. The highest BCUT2D eigenvalue weighted by molar-refractivity contribution is 5.44.